The maximum atomic E-state index is 6.43. The lowest BCUT2D eigenvalue weighted by molar-refractivity contribution is 0.0787. The molecule has 3 heterocycles. The second kappa shape index (κ2) is 8.07. The number of rotatable bonds is 5. The molecule has 0 bridgehead atoms. The Morgan fingerprint density at radius 3 is 2.68 bits per heavy atom. The number of hydrogen-bond donors (Lipinski definition) is 1. The summed E-state index contributed by atoms with van der Waals surface area (Å²) in [6.45, 7) is 10.4. The van der Waals surface area contributed by atoms with Crippen molar-refractivity contribution in [3.63, 3.8) is 0 Å². The SMILES string of the molecule is C=C([C@H](N)Cc1ccc(Cl)cc1)N1CCN(c2ncnc3c2[C@H](C)OC3)CC1. The van der Waals surface area contributed by atoms with Gasteiger partial charge in [0.05, 0.1) is 18.4 Å². The molecule has 2 N–H and O–H groups in total. The van der Waals surface area contributed by atoms with Crippen molar-refractivity contribution >= 4 is 17.4 Å². The predicted molar refractivity (Wildman–Crippen MR) is 111 cm³/mol. The quantitative estimate of drug-likeness (QED) is 0.833. The van der Waals surface area contributed by atoms with Crippen molar-refractivity contribution in [3.05, 3.63) is 64.7 Å². The summed E-state index contributed by atoms with van der Waals surface area (Å²) < 4.78 is 5.73. The van der Waals surface area contributed by atoms with E-state index in [0.717, 1.165) is 60.4 Å². The second-order valence-electron chi connectivity index (χ2n) is 7.41. The van der Waals surface area contributed by atoms with Crippen molar-refractivity contribution in [2.24, 2.45) is 5.73 Å². The van der Waals surface area contributed by atoms with E-state index in [-0.39, 0.29) is 12.1 Å². The van der Waals surface area contributed by atoms with Crippen molar-refractivity contribution in [3.8, 4) is 0 Å². The van der Waals surface area contributed by atoms with Gasteiger partial charge in [-0.2, -0.15) is 0 Å². The number of nitrogens with zero attached hydrogens (tertiary/aromatic N) is 4. The number of benzene rings is 1. The number of nitrogens with two attached hydrogens (primary N) is 1. The molecule has 2 aromatic rings. The minimum absolute atomic E-state index is 0.0481. The minimum atomic E-state index is -0.107. The topological polar surface area (TPSA) is 67.5 Å². The molecule has 2 atom stereocenters. The van der Waals surface area contributed by atoms with Crippen LogP contribution in [-0.2, 0) is 17.8 Å². The van der Waals surface area contributed by atoms with Crippen molar-refractivity contribution in [2.75, 3.05) is 31.1 Å². The van der Waals surface area contributed by atoms with E-state index in [9.17, 15) is 0 Å². The average Bonchev–Trinajstić information content (AvgIpc) is 3.10. The summed E-state index contributed by atoms with van der Waals surface area (Å²) in [6.07, 6.45) is 2.44. The summed E-state index contributed by atoms with van der Waals surface area (Å²) in [6, 6.07) is 7.73. The maximum Gasteiger partial charge on any atom is 0.138 e. The fourth-order valence-electron chi connectivity index (χ4n) is 3.92. The van der Waals surface area contributed by atoms with Crippen LogP contribution >= 0.6 is 11.6 Å². The van der Waals surface area contributed by atoms with Gasteiger partial charge in [-0.15, -0.1) is 0 Å². The number of fused-ring (bicyclic) bond motifs is 1. The molecular formula is C21H26ClN5O. The first-order valence-electron chi connectivity index (χ1n) is 9.67. The first-order chi connectivity index (χ1) is 13.5. The van der Waals surface area contributed by atoms with Gasteiger partial charge in [0.15, 0.2) is 0 Å². The van der Waals surface area contributed by atoms with Crippen molar-refractivity contribution in [1.82, 2.24) is 14.9 Å². The molecule has 0 aliphatic carbocycles. The molecule has 148 valence electrons. The van der Waals surface area contributed by atoms with Gasteiger partial charge >= 0.3 is 0 Å². The van der Waals surface area contributed by atoms with Gasteiger partial charge in [-0.1, -0.05) is 30.3 Å². The number of aromatic nitrogens is 2. The smallest absolute Gasteiger partial charge is 0.138 e. The summed E-state index contributed by atoms with van der Waals surface area (Å²) in [4.78, 5) is 13.5. The van der Waals surface area contributed by atoms with Gasteiger partial charge in [0.1, 0.15) is 12.1 Å². The molecule has 0 unspecified atom stereocenters. The molecule has 2 aliphatic heterocycles. The van der Waals surface area contributed by atoms with Crippen molar-refractivity contribution in [2.45, 2.75) is 32.1 Å². The highest BCUT2D eigenvalue weighted by Gasteiger charge is 2.29. The predicted octanol–water partition coefficient (Wildman–Crippen LogP) is 2.93. The molecule has 1 aromatic heterocycles. The standard InChI is InChI=1S/C21H26ClN5O/c1-14(18(23)11-16-3-5-17(22)6-4-16)26-7-9-27(10-8-26)21-20-15(2)28-12-19(20)24-13-25-21/h3-6,13,15,18H,1,7-12,23H2,2H3/t15-,18+/m0/s1. The van der Waals surface area contributed by atoms with Crippen molar-refractivity contribution < 1.29 is 4.74 Å². The monoisotopic (exact) mass is 399 g/mol. The lowest BCUT2D eigenvalue weighted by Gasteiger charge is -2.39. The van der Waals surface area contributed by atoms with Gasteiger partial charge in [-0.25, -0.2) is 9.97 Å². The molecule has 1 aromatic carbocycles. The highest BCUT2D eigenvalue weighted by Crippen LogP contribution is 2.35. The lowest BCUT2D eigenvalue weighted by atomic mass is 10.0. The summed E-state index contributed by atoms with van der Waals surface area (Å²) in [5, 5.41) is 0.739. The molecule has 2 aliphatic rings. The van der Waals surface area contributed by atoms with E-state index in [4.69, 9.17) is 22.1 Å². The zero-order chi connectivity index (χ0) is 19.7. The fourth-order valence-corrected chi connectivity index (χ4v) is 4.05. The summed E-state index contributed by atoms with van der Waals surface area (Å²) in [7, 11) is 0. The molecule has 0 amide bonds. The van der Waals surface area contributed by atoms with Crippen LogP contribution in [0, 0.1) is 0 Å². The Kier molecular flexibility index (Phi) is 5.53. The Hall–Kier alpha value is -2.15. The third kappa shape index (κ3) is 3.85. The Morgan fingerprint density at radius 1 is 1.25 bits per heavy atom. The van der Waals surface area contributed by atoms with E-state index in [1.165, 1.54) is 5.56 Å². The molecular weight excluding hydrogens is 374 g/mol. The maximum absolute atomic E-state index is 6.43. The van der Waals surface area contributed by atoms with E-state index in [0.29, 0.717) is 6.61 Å². The Bertz CT molecular complexity index is 848. The van der Waals surface area contributed by atoms with E-state index < -0.39 is 0 Å². The highest BCUT2D eigenvalue weighted by atomic mass is 35.5. The Balaban J connectivity index is 1.37. The first kappa shape index (κ1) is 19.2. The molecule has 7 heteroatoms. The third-order valence-corrected chi connectivity index (χ3v) is 5.86. The number of hydrogen-bond acceptors (Lipinski definition) is 6. The van der Waals surface area contributed by atoms with Crippen LogP contribution in [0.2, 0.25) is 5.02 Å². The zero-order valence-electron chi connectivity index (χ0n) is 16.1. The molecule has 4 rings (SSSR count). The number of halogens is 1. The van der Waals surface area contributed by atoms with Gasteiger partial charge in [-0.05, 0) is 31.0 Å². The van der Waals surface area contributed by atoms with Crippen LogP contribution in [0.1, 0.15) is 29.8 Å². The lowest BCUT2D eigenvalue weighted by Crippen LogP contribution is -2.49. The van der Waals surface area contributed by atoms with Gasteiger partial charge < -0.3 is 20.3 Å². The van der Waals surface area contributed by atoms with Gasteiger partial charge in [0.2, 0.25) is 0 Å². The average molecular weight is 400 g/mol. The van der Waals surface area contributed by atoms with Crippen LogP contribution in [-0.4, -0.2) is 47.1 Å². The second-order valence-corrected chi connectivity index (χ2v) is 7.85. The molecule has 6 nitrogen and oxygen atoms in total. The summed E-state index contributed by atoms with van der Waals surface area (Å²) in [5.41, 5.74) is 10.7. The third-order valence-electron chi connectivity index (χ3n) is 5.60. The van der Waals surface area contributed by atoms with Crippen LogP contribution in [0.3, 0.4) is 0 Å². The molecule has 0 spiro atoms. The number of ether oxygens (including phenoxy) is 1. The number of anilines is 1. The van der Waals surface area contributed by atoms with E-state index in [1.807, 2.05) is 24.3 Å². The van der Waals surface area contributed by atoms with Gasteiger partial charge in [0, 0.05) is 48.5 Å². The summed E-state index contributed by atoms with van der Waals surface area (Å²) in [5.74, 6) is 1.01. The van der Waals surface area contributed by atoms with Gasteiger partial charge in [-0.3, -0.25) is 0 Å². The highest BCUT2D eigenvalue weighted by molar-refractivity contribution is 6.30. The molecule has 0 radical (unpaired) electrons. The van der Waals surface area contributed by atoms with Crippen molar-refractivity contribution in [1.29, 1.82) is 0 Å². The molecule has 0 saturated carbocycles. The minimum Gasteiger partial charge on any atom is -0.370 e. The Morgan fingerprint density at radius 2 is 1.96 bits per heavy atom. The van der Waals surface area contributed by atoms with E-state index in [1.54, 1.807) is 6.33 Å². The fraction of sp³-hybridized carbons (Fsp3) is 0.429. The zero-order valence-corrected chi connectivity index (χ0v) is 16.9. The van der Waals surface area contributed by atoms with Gasteiger partial charge in [0.25, 0.3) is 0 Å². The normalized spacial score (nSPS) is 20.2. The van der Waals surface area contributed by atoms with Crippen LogP contribution in [0.4, 0.5) is 5.82 Å². The van der Waals surface area contributed by atoms with Crippen LogP contribution in [0.25, 0.3) is 0 Å². The molecule has 28 heavy (non-hydrogen) atoms. The number of piperazine rings is 1. The Labute approximate surface area is 171 Å². The molecule has 1 saturated heterocycles. The van der Waals surface area contributed by atoms with E-state index in [2.05, 4.69) is 33.3 Å². The van der Waals surface area contributed by atoms with E-state index >= 15 is 0 Å². The molecule has 1 fully saturated rings. The first-order valence-corrected chi connectivity index (χ1v) is 10.0. The van der Waals surface area contributed by atoms with Crippen LogP contribution in [0.5, 0.6) is 0 Å². The summed E-state index contributed by atoms with van der Waals surface area (Å²) >= 11 is 5.96. The largest absolute Gasteiger partial charge is 0.370 e. The van der Waals surface area contributed by atoms with Crippen LogP contribution in [0.15, 0.2) is 42.9 Å². The van der Waals surface area contributed by atoms with Crippen LogP contribution < -0.4 is 10.6 Å².